The molecule has 0 saturated carbocycles. The van der Waals surface area contributed by atoms with Gasteiger partial charge in [0.25, 0.3) is 0 Å². The van der Waals surface area contributed by atoms with Crippen molar-refractivity contribution >= 4 is 32.5 Å². The van der Waals surface area contributed by atoms with Gasteiger partial charge in [-0.25, -0.2) is 0 Å². The molecule has 0 spiro atoms. The van der Waals surface area contributed by atoms with Crippen molar-refractivity contribution in [2.75, 3.05) is 12.4 Å². The molecule has 0 bridgehead atoms. The van der Waals surface area contributed by atoms with E-state index in [-0.39, 0.29) is 0 Å². The van der Waals surface area contributed by atoms with Crippen LogP contribution in [0.3, 0.4) is 0 Å². The number of nitrogens with zero attached hydrogens (tertiary/aromatic N) is 1. The van der Waals surface area contributed by atoms with Crippen molar-refractivity contribution in [3.8, 4) is 5.75 Å². The maximum Gasteiger partial charge on any atom is 0.118 e. The number of benzene rings is 2. The maximum atomic E-state index is 5.17. The summed E-state index contributed by atoms with van der Waals surface area (Å²) in [7, 11) is 1.67. The van der Waals surface area contributed by atoms with E-state index in [0.29, 0.717) is 0 Å². The molecule has 2 aromatic carbocycles. The average Bonchev–Trinajstić information content (AvgIpc) is 2.54. The summed E-state index contributed by atoms with van der Waals surface area (Å²) in [5.41, 5.74) is 3.25. The van der Waals surface area contributed by atoms with Crippen LogP contribution in [0.5, 0.6) is 5.75 Å². The summed E-state index contributed by atoms with van der Waals surface area (Å²) in [6.07, 6.45) is 1.82. The summed E-state index contributed by atoms with van der Waals surface area (Å²) in [5.74, 6) is 0.872. The van der Waals surface area contributed by atoms with Crippen molar-refractivity contribution in [1.82, 2.24) is 4.98 Å². The lowest BCUT2D eigenvalue weighted by Crippen LogP contribution is -2.00. The van der Waals surface area contributed by atoms with E-state index in [4.69, 9.17) is 4.74 Å². The van der Waals surface area contributed by atoms with Crippen LogP contribution in [0.15, 0.2) is 59.2 Å². The molecule has 1 aromatic heterocycles. The monoisotopic (exact) mass is 342 g/mol. The molecule has 0 unspecified atom stereocenters. The Bertz CT molecular complexity index is 756. The standard InChI is InChI=1S/C17H15BrN2O/c1-21-13-7-5-12(6-8-13)11-20-16-9-10-19-17-14(16)3-2-4-15(17)18/h2-10H,11H2,1H3,(H,19,20). The van der Waals surface area contributed by atoms with Gasteiger partial charge in [-0.1, -0.05) is 24.3 Å². The van der Waals surface area contributed by atoms with Crippen LogP contribution in [0.25, 0.3) is 10.9 Å². The SMILES string of the molecule is COc1ccc(CNc2ccnc3c(Br)cccc23)cc1. The van der Waals surface area contributed by atoms with Gasteiger partial charge in [0.15, 0.2) is 0 Å². The van der Waals surface area contributed by atoms with E-state index in [9.17, 15) is 0 Å². The van der Waals surface area contributed by atoms with Crippen LogP contribution in [0.2, 0.25) is 0 Å². The number of pyridine rings is 1. The number of aromatic nitrogens is 1. The van der Waals surface area contributed by atoms with E-state index in [1.54, 1.807) is 7.11 Å². The van der Waals surface area contributed by atoms with E-state index < -0.39 is 0 Å². The maximum absolute atomic E-state index is 5.17. The van der Waals surface area contributed by atoms with Crippen LogP contribution in [-0.2, 0) is 6.54 Å². The van der Waals surface area contributed by atoms with Crippen molar-refractivity contribution in [2.24, 2.45) is 0 Å². The van der Waals surface area contributed by atoms with Gasteiger partial charge in [-0.3, -0.25) is 4.98 Å². The quantitative estimate of drug-likeness (QED) is 0.751. The fourth-order valence-corrected chi connectivity index (χ4v) is 2.70. The van der Waals surface area contributed by atoms with E-state index in [2.05, 4.69) is 44.4 Å². The van der Waals surface area contributed by atoms with E-state index in [1.165, 1.54) is 5.56 Å². The molecule has 0 saturated heterocycles. The molecule has 1 heterocycles. The number of ether oxygens (including phenoxy) is 1. The number of hydrogen-bond donors (Lipinski definition) is 1. The van der Waals surface area contributed by atoms with Gasteiger partial charge in [-0.05, 0) is 45.8 Å². The van der Waals surface area contributed by atoms with Crippen molar-refractivity contribution in [1.29, 1.82) is 0 Å². The number of fused-ring (bicyclic) bond motifs is 1. The molecule has 0 fully saturated rings. The summed E-state index contributed by atoms with van der Waals surface area (Å²) in [6, 6.07) is 16.2. The third kappa shape index (κ3) is 3.00. The molecule has 0 amide bonds. The Kier molecular flexibility index (Phi) is 4.06. The number of methoxy groups -OCH3 is 1. The molecule has 4 heteroatoms. The highest BCUT2D eigenvalue weighted by Gasteiger charge is 2.04. The number of anilines is 1. The first kappa shape index (κ1) is 13.9. The predicted octanol–water partition coefficient (Wildman–Crippen LogP) is 4.62. The van der Waals surface area contributed by atoms with Crippen LogP contribution in [0.4, 0.5) is 5.69 Å². The molecule has 1 N–H and O–H groups in total. The minimum atomic E-state index is 0.760. The smallest absolute Gasteiger partial charge is 0.118 e. The average molecular weight is 343 g/mol. The molecule has 21 heavy (non-hydrogen) atoms. The fraction of sp³-hybridized carbons (Fsp3) is 0.118. The third-order valence-electron chi connectivity index (χ3n) is 3.36. The second kappa shape index (κ2) is 6.14. The third-order valence-corrected chi connectivity index (χ3v) is 4.00. The Morgan fingerprint density at radius 3 is 2.67 bits per heavy atom. The van der Waals surface area contributed by atoms with E-state index >= 15 is 0 Å². The molecule has 0 aliphatic carbocycles. The first-order valence-electron chi connectivity index (χ1n) is 6.68. The Morgan fingerprint density at radius 2 is 1.90 bits per heavy atom. The largest absolute Gasteiger partial charge is 0.497 e. The Hall–Kier alpha value is -2.07. The van der Waals surface area contributed by atoms with Gasteiger partial charge in [0.05, 0.1) is 12.6 Å². The summed E-state index contributed by atoms with van der Waals surface area (Å²) in [4.78, 5) is 4.42. The summed E-state index contributed by atoms with van der Waals surface area (Å²) >= 11 is 3.54. The lowest BCUT2D eigenvalue weighted by molar-refractivity contribution is 0.414. The molecule has 3 nitrogen and oxygen atoms in total. The molecule has 106 valence electrons. The number of halogens is 1. The zero-order chi connectivity index (χ0) is 14.7. The molecular formula is C17H15BrN2O. The fourth-order valence-electron chi connectivity index (χ4n) is 2.23. The van der Waals surface area contributed by atoms with Gasteiger partial charge >= 0.3 is 0 Å². The second-order valence-corrected chi connectivity index (χ2v) is 5.55. The minimum absolute atomic E-state index is 0.760. The molecular weight excluding hydrogens is 328 g/mol. The summed E-state index contributed by atoms with van der Waals surface area (Å²) in [5, 5.41) is 4.58. The minimum Gasteiger partial charge on any atom is -0.497 e. The zero-order valence-electron chi connectivity index (χ0n) is 11.6. The predicted molar refractivity (Wildman–Crippen MR) is 89.8 cm³/mol. The Balaban J connectivity index is 1.83. The molecule has 0 atom stereocenters. The number of para-hydroxylation sites is 1. The Morgan fingerprint density at radius 1 is 1.10 bits per heavy atom. The van der Waals surface area contributed by atoms with Crippen molar-refractivity contribution < 1.29 is 4.74 Å². The van der Waals surface area contributed by atoms with Gasteiger partial charge in [-0.15, -0.1) is 0 Å². The van der Waals surface area contributed by atoms with Gasteiger partial charge in [0.1, 0.15) is 5.75 Å². The van der Waals surface area contributed by atoms with E-state index in [0.717, 1.165) is 33.4 Å². The number of nitrogens with one attached hydrogen (secondary N) is 1. The van der Waals surface area contributed by atoms with Crippen molar-refractivity contribution in [3.05, 3.63) is 64.8 Å². The van der Waals surface area contributed by atoms with Crippen molar-refractivity contribution in [2.45, 2.75) is 6.54 Å². The second-order valence-electron chi connectivity index (χ2n) is 4.70. The van der Waals surface area contributed by atoms with E-state index in [1.807, 2.05) is 36.5 Å². The molecule has 0 aliphatic rings. The Labute approximate surface area is 132 Å². The zero-order valence-corrected chi connectivity index (χ0v) is 13.2. The van der Waals surface area contributed by atoms with Crippen molar-refractivity contribution in [3.63, 3.8) is 0 Å². The lowest BCUT2D eigenvalue weighted by Gasteiger charge is -2.10. The molecule has 3 rings (SSSR count). The highest BCUT2D eigenvalue weighted by Crippen LogP contribution is 2.27. The highest BCUT2D eigenvalue weighted by molar-refractivity contribution is 9.10. The first-order valence-corrected chi connectivity index (χ1v) is 7.47. The van der Waals surface area contributed by atoms with Crippen LogP contribution >= 0.6 is 15.9 Å². The topological polar surface area (TPSA) is 34.1 Å². The molecule has 0 aliphatic heterocycles. The first-order chi connectivity index (χ1) is 10.3. The normalized spacial score (nSPS) is 10.6. The van der Waals surface area contributed by atoms with Gasteiger partial charge in [-0.2, -0.15) is 0 Å². The number of rotatable bonds is 4. The summed E-state index contributed by atoms with van der Waals surface area (Å²) in [6.45, 7) is 0.760. The van der Waals surface area contributed by atoms with Crippen LogP contribution in [0, 0.1) is 0 Å². The van der Waals surface area contributed by atoms with Gasteiger partial charge < -0.3 is 10.1 Å². The van der Waals surface area contributed by atoms with Crippen LogP contribution < -0.4 is 10.1 Å². The lowest BCUT2D eigenvalue weighted by atomic mass is 10.1. The van der Waals surface area contributed by atoms with Gasteiger partial charge in [0.2, 0.25) is 0 Å². The summed E-state index contributed by atoms with van der Waals surface area (Å²) < 4.78 is 6.18. The molecule has 0 radical (unpaired) electrons. The van der Waals surface area contributed by atoms with Crippen LogP contribution in [0.1, 0.15) is 5.56 Å². The van der Waals surface area contributed by atoms with Gasteiger partial charge in [0, 0.05) is 28.3 Å². The highest BCUT2D eigenvalue weighted by atomic mass is 79.9. The molecule has 3 aromatic rings. The number of hydrogen-bond acceptors (Lipinski definition) is 3. The van der Waals surface area contributed by atoms with Crippen LogP contribution in [-0.4, -0.2) is 12.1 Å².